The molecule has 0 saturated heterocycles. The van der Waals surface area contributed by atoms with E-state index in [1.54, 1.807) is 6.20 Å². The molecule has 0 spiro atoms. The molecular weight excluding hydrogens is 330 g/mol. The number of pyridine rings is 1. The van der Waals surface area contributed by atoms with Gasteiger partial charge in [0.05, 0.1) is 0 Å². The summed E-state index contributed by atoms with van der Waals surface area (Å²) >= 11 is 5.93. The lowest BCUT2D eigenvalue weighted by atomic mass is 9.98. The minimum Gasteiger partial charge on any atom is -0.385 e. The summed E-state index contributed by atoms with van der Waals surface area (Å²) in [5.41, 5.74) is 4.91. The fourth-order valence-corrected chi connectivity index (χ4v) is 3.58. The predicted molar refractivity (Wildman–Crippen MR) is 105 cm³/mol. The van der Waals surface area contributed by atoms with Crippen molar-refractivity contribution in [2.75, 3.05) is 19.6 Å². The lowest BCUT2D eigenvalue weighted by molar-refractivity contribution is 0.215. The molecule has 132 valence electrons. The van der Waals surface area contributed by atoms with Gasteiger partial charge in [0.2, 0.25) is 0 Å². The predicted octanol–water partition coefficient (Wildman–Crippen LogP) is 4.38. The van der Waals surface area contributed by atoms with Gasteiger partial charge in [-0.2, -0.15) is 0 Å². The van der Waals surface area contributed by atoms with Gasteiger partial charge in [0, 0.05) is 43.6 Å². The smallest absolute Gasteiger partial charge is 0.129 e. The van der Waals surface area contributed by atoms with Crippen molar-refractivity contribution in [2.24, 2.45) is 5.92 Å². The molecule has 0 radical (unpaired) electrons. The molecule has 1 aliphatic rings. The van der Waals surface area contributed by atoms with Gasteiger partial charge in [0.25, 0.3) is 0 Å². The van der Waals surface area contributed by atoms with E-state index in [1.807, 2.05) is 12.1 Å². The average Bonchev–Trinajstić information content (AvgIpc) is 2.61. The third-order valence-corrected chi connectivity index (χ3v) is 5.04. The summed E-state index contributed by atoms with van der Waals surface area (Å²) in [5.74, 6) is 0.645. The van der Waals surface area contributed by atoms with Crippen LogP contribution in [0.4, 0.5) is 0 Å². The van der Waals surface area contributed by atoms with Crippen LogP contribution in [0.3, 0.4) is 0 Å². The molecule has 1 aliphatic heterocycles. The van der Waals surface area contributed by atoms with Crippen molar-refractivity contribution in [1.82, 2.24) is 15.2 Å². The Kier molecular flexibility index (Phi) is 6.11. The normalized spacial score (nSPS) is 15.4. The van der Waals surface area contributed by atoms with E-state index in [1.165, 1.54) is 17.5 Å². The molecule has 1 aromatic heterocycles. The van der Waals surface area contributed by atoms with Crippen LogP contribution in [0, 0.1) is 5.92 Å². The molecule has 25 heavy (non-hydrogen) atoms. The van der Waals surface area contributed by atoms with E-state index >= 15 is 0 Å². The van der Waals surface area contributed by atoms with E-state index in [0.29, 0.717) is 11.1 Å². The second-order valence-electron chi connectivity index (χ2n) is 6.92. The Morgan fingerprint density at radius 2 is 2.12 bits per heavy atom. The molecule has 2 heterocycles. The van der Waals surface area contributed by atoms with Gasteiger partial charge >= 0.3 is 0 Å². The van der Waals surface area contributed by atoms with Crippen LogP contribution in [0.2, 0.25) is 5.15 Å². The number of hydrogen-bond donors (Lipinski definition) is 1. The van der Waals surface area contributed by atoms with Gasteiger partial charge in [-0.15, -0.1) is 0 Å². The Hall–Kier alpha value is -1.84. The Morgan fingerprint density at radius 3 is 2.92 bits per heavy atom. The van der Waals surface area contributed by atoms with Crippen LogP contribution < -0.4 is 5.32 Å². The van der Waals surface area contributed by atoms with Gasteiger partial charge in [-0.1, -0.05) is 49.4 Å². The molecule has 1 aromatic carbocycles. The Bertz CT molecular complexity index is 729. The lowest BCUT2D eigenvalue weighted by Crippen LogP contribution is -2.34. The molecule has 0 saturated carbocycles. The third kappa shape index (κ3) is 5.07. The van der Waals surface area contributed by atoms with Crippen LogP contribution in [-0.4, -0.2) is 29.5 Å². The molecule has 0 bridgehead atoms. The first kappa shape index (κ1) is 18.0. The van der Waals surface area contributed by atoms with E-state index in [-0.39, 0.29) is 0 Å². The zero-order chi connectivity index (χ0) is 17.6. The van der Waals surface area contributed by atoms with Crippen LogP contribution >= 0.6 is 11.6 Å². The Balaban J connectivity index is 1.41. The summed E-state index contributed by atoms with van der Waals surface area (Å²) in [6.07, 6.45) is 4.00. The van der Waals surface area contributed by atoms with E-state index in [2.05, 4.69) is 53.0 Å². The second-order valence-corrected chi connectivity index (χ2v) is 7.31. The number of nitrogens with one attached hydrogen (secondary N) is 1. The van der Waals surface area contributed by atoms with Crippen molar-refractivity contribution >= 4 is 17.3 Å². The van der Waals surface area contributed by atoms with E-state index in [4.69, 9.17) is 11.6 Å². The van der Waals surface area contributed by atoms with Gasteiger partial charge in [-0.25, -0.2) is 4.98 Å². The van der Waals surface area contributed by atoms with Crippen LogP contribution in [-0.2, 0) is 13.0 Å². The number of rotatable bonds is 7. The van der Waals surface area contributed by atoms with Crippen molar-refractivity contribution < 1.29 is 0 Å². The number of halogens is 1. The first-order chi connectivity index (χ1) is 12.1. The third-order valence-electron chi connectivity index (χ3n) is 4.83. The molecule has 1 atom stereocenters. The minimum absolute atomic E-state index is 0.499. The number of aromatic nitrogens is 1. The first-order valence-corrected chi connectivity index (χ1v) is 9.33. The van der Waals surface area contributed by atoms with Gasteiger partial charge in [-0.05, 0) is 42.0 Å². The van der Waals surface area contributed by atoms with Crippen LogP contribution in [0.25, 0.3) is 5.70 Å². The molecule has 4 heteroatoms. The van der Waals surface area contributed by atoms with Gasteiger partial charge in [-0.3, -0.25) is 4.90 Å². The lowest BCUT2D eigenvalue weighted by Gasteiger charge is -2.31. The molecule has 3 nitrogen and oxygen atoms in total. The molecule has 1 unspecified atom stereocenters. The average molecular weight is 356 g/mol. The maximum atomic E-state index is 5.93. The summed E-state index contributed by atoms with van der Waals surface area (Å²) in [7, 11) is 0. The number of hydrogen-bond acceptors (Lipinski definition) is 3. The molecule has 2 aromatic rings. The quantitative estimate of drug-likeness (QED) is 0.747. The summed E-state index contributed by atoms with van der Waals surface area (Å²) in [6, 6.07) is 12.6. The molecule has 1 N–H and O–H groups in total. The molecule has 3 rings (SSSR count). The summed E-state index contributed by atoms with van der Waals surface area (Å²) in [5, 5.41) is 3.91. The topological polar surface area (TPSA) is 28.2 Å². The van der Waals surface area contributed by atoms with Crippen LogP contribution in [0.5, 0.6) is 0 Å². The SMILES string of the molecule is C=C(NCCC(C)CN1CCc2ccccc2C1)c1ccnc(Cl)c1. The Morgan fingerprint density at radius 1 is 1.32 bits per heavy atom. The van der Waals surface area contributed by atoms with Crippen molar-refractivity contribution in [3.8, 4) is 0 Å². The monoisotopic (exact) mass is 355 g/mol. The Labute approximate surface area is 155 Å². The van der Waals surface area contributed by atoms with Crippen molar-refractivity contribution in [3.63, 3.8) is 0 Å². The summed E-state index contributed by atoms with van der Waals surface area (Å²) in [6.45, 7) is 10.7. The zero-order valence-corrected chi connectivity index (χ0v) is 15.6. The summed E-state index contributed by atoms with van der Waals surface area (Å²) < 4.78 is 0. The summed E-state index contributed by atoms with van der Waals surface area (Å²) in [4.78, 5) is 6.58. The molecule has 0 aliphatic carbocycles. The second kappa shape index (κ2) is 8.50. The number of fused-ring (bicyclic) bond motifs is 1. The maximum Gasteiger partial charge on any atom is 0.129 e. The van der Waals surface area contributed by atoms with E-state index < -0.39 is 0 Å². The van der Waals surface area contributed by atoms with Crippen molar-refractivity contribution in [1.29, 1.82) is 0 Å². The standard InChI is InChI=1S/C21H26ClN3/c1-16(7-10-23-17(2)19-8-11-24-21(22)13-19)14-25-12-9-18-5-3-4-6-20(18)15-25/h3-6,8,11,13,16,23H,2,7,9-10,12,14-15H2,1H3. The highest BCUT2D eigenvalue weighted by atomic mass is 35.5. The van der Waals surface area contributed by atoms with E-state index in [9.17, 15) is 0 Å². The largest absolute Gasteiger partial charge is 0.385 e. The highest BCUT2D eigenvalue weighted by molar-refractivity contribution is 6.29. The van der Waals surface area contributed by atoms with Gasteiger partial charge in [0.1, 0.15) is 5.15 Å². The number of nitrogens with zero attached hydrogens (tertiary/aromatic N) is 2. The highest BCUT2D eigenvalue weighted by Crippen LogP contribution is 2.20. The van der Waals surface area contributed by atoms with Crippen molar-refractivity contribution in [2.45, 2.75) is 26.3 Å². The zero-order valence-electron chi connectivity index (χ0n) is 14.8. The van der Waals surface area contributed by atoms with Crippen LogP contribution in [0.15, 0.2) is 49.2 Å². The minimum atomic E-state index is 0.499. The maximum absolute atomic E-state index is 5.93. The molecule has 0 fully saturated rings. The fraction of sp³-hybridized carbons (Fsp3) is 0.381. The molecular formula is C21H26ClN3. The van der Waals surface area contributed by atoms with Crippen molar-refractivity contribution in [3.05, 3.63) is 71.0 Å². The molecule has 0 amide bonds. The van der Waals surface area contributed by atoms with Gasteiger partial charge < -0.3 is 5.32 Å². The van der Waals surface area contributed by atoms with Crippen LogP contribution in [0.1, 0.15) is 30.0 Å². The van der Waals surface area contributed by atoms with Gasteiger partial charge in [0.15, 0.2) is 0 Å². The first-order valence-electron chi connectivity index (χ1n) is 8.95. The van der Waals surface area contributed by atoms with E-state index in [0.717, 1.165) is 43.9 Å². The highest BCUT2D eigenvalue weighted by Gasteiger charge is 2.17. The number of benzene rings is 1. The fourth-order valence-electron chi connectivity index (χ4n) is 3.40.